The zero-order valence-electron chi connectivity index (χ0n) is 19.7. The van der Waals surface area contributed by atoms with E-state index in [4.69, 9.17) is 22.3 Å². The third kappa shape index (κ3) is 5.50. The summed E-state index contributed by atoms with van der Waals surface area (Å²) in [6, 6.07) is 12.8. The van der Waals surface area contributed by atoms with E-state index in [1.165, 1.54) is 23.3 Å². The lowest BCUT2D eigenvalue weighted by molar-refractivity contribution is -0.136. The Kier molecular flexibility index (Phi) is 7.69. The minimum Gasteiger partial charge on any atom is -0.402 e. The smallest absolute Gasteiger partial charge is 0.227 e. The number of likely N-dealkylation sites (tertiary alicyclic amines) is 1. The van der Waals surface area contributed by atoms with Gasteiger partial charge < -0.3 is 16.0 Å². The van der Waals surface area contributed by atoms with Crippen molar-refractivity contribution < 1.29 is 9.18 Å². The molecule has 5 nitrogen and oxygen atoms in total. The van der Waals surface area contributed by atoms with E-state index in [1.807, 2.05) is 24.0 Å². The number of aliphatic imine (C=N–C) groups is 1. The predicted molar refractivity (Wildman–Crippen MR) is 136 cm³/mol. The summed E-state index contributed by atoms with van der Waals surface area (Å²) in [7, 11) is 0. The fourth-order valence-electron chi connectivity index (χ4n) is 5.08. The monoisotopic (exact) mass is 482 g/mol. The third-order valence-corrected chi connectivity index (χ3v) is 7.17. The zero-order chi connectivity index (χ0) is 24.2. The summed E-state index contributed by atoms with van der Waals surface area (Å²) in [5, 5.41) is 3.47. The lowest BCUT2D eigenvalue weighted by Gasteiger charge is -2.35. The van der Waals surface area contributed by atoms with Crippen molar-refractivity contribution in [3.8, 4) is 0 Å². The van der Waals surface area contributed by atoms with Crippen LogP contribution >= 0.6 is 11.6 Å². The minimum absolute atomic E-state index is 0.0432. The Balaban J connectivity index is 1.46. The molecule has 7 heteroatoms. The molecule has 2 saturated heterocycles. The lowest BCUT2D eigenvalue weighted by atomic mass is 9.84. The second-order valence-electron chi connectivity index (χ2n) is 9.35. The summed E-state index contributed by atoms with van der Waals surface area (Å²) in [6.45, 7) is 6.84. The number of amides is 1. The molecule has 3 N–H and O–H groups in total. The number of aryl methyl sites for hydroxylation is 1. The summed E-state index contributed by atoms with van der Waals surface area (Å²) >= 11 is 5.94. The average molecular weight is 483 g/mol. The molecule has 1 amide bonds. The van der Waals surface area contributed by atoms with Crippen LogP contribution in [0.4, 0.5) is 10.1 Å². The number of allylic oxidation sites excluding steroid dienone is 2. The van der Waals surface area contributed by atoms with Crippen molar-refractivity contribution in [3.63, 3.8) is 0 Å². The number of nitrogens with one attached hydrogen (secondary N) is 1. The van der Waals surface area contributed by atoms with Crippen molar-refractivity contribution in [1.29, 1.82) is 0 Å². The van der Waals surface area contributed by atoms with Gasteiger partial charge in [-0.2, -0.15) is 0 Å². The highest BCUT2D eigenvalue weighted by Crippen LogP contribution is 2.33. The summed E-state index contributed by atoms with van der Waals surface area (Å²) in [5.41, 5.74) is 10.6. The first-order chi connectivity index (χ1) is 16.3. The molecule has 4 rings (SSSR count). The Labute approximate surface area is 205 Å². The van der Waals surface area contributed by atoms with Gasteiger partial charge in [0, 0.05) is 49.4 Å². The maximum atomic E-state index is 13.6. The number of nitrogens with two attached hydrogens (primary N) is 1. The number of rotatable bonds is 5. The van der Waals surface area contributed by atoms with Crippen LogP contribution in [0, 0.1) is 24.6 Å². The van der Waals surface area contributed by atoms with E-state index >= 15 is 0 Å². The molecule has 2 heterocycles. The molecule has 2 fully saturated rings. The molecule has 2 atom stereocenters. The van der Waals surface area contributed by atoms with Gasteiger partial charge >= 0.3 is 0 Å². The van der Waals surface area contributed by atoms with Crippen LogP contribution in [-0.4, -0.2) is 42.7 Å². The summed E-state index contributed by atoms with van der Waals surface area (Å²) in [5.74, 6) is 0.0872. The maximum Gasteiger partial charge on any atom is 0.227 e. The first kappa shape index (κ1) is 24.4. The van der Waals surface area contributed by atoms with Gasteiger partial charge in [-0.3, -0.25) is 9.79 Å². The van der Waals surface area contributed by atoms with Crippen LogP contribution < -0.4 is 11.1 Å². The minimum atomic E-state index is -0.468. The van der Waals surface area contributed by atoms with Crippen molar-refractivity contribution >= 4 is 28.9 Å². The van der Waals surface area contributed by atoms with Crippen LogP contribution in [-0.2, 0) is 4.79 Å². The van der Waals surface area contributed by atoms with Crippen molar-refractivity contribution in [2.24, 2.45) is 22.6 Å². The molecule has 180 valence electrons. The largest absolute Gasteiger partial charge is 0.402 e. The van der Waals surface area contributed by atoms with Gasteiger partial charge in [0.15, 0.2) is 0 Å². The van der Waals surface area contributed by atoms with Crippen molar-refractivity contribution in [2.75, 3.05) is 26.2 Å². The number of carbonyl (C=O) groups excluding carboxylic acids is 1. The van der Waals surface area contributed by atoms with Crippen molar-refractivity contribution in [2.45, 2.75) is 32.6 Å². The standard InChI is InChI=1S/C27H32ClFN4O/c1-17-5-3-4-6-21(17)22-15-31-16-23(22)27(34)33-11-9-19(10-12-33)26(13-18(2)30)32-20-7-8-25(29)24(28)14-20/h3-8,13-14,19,22-23,31H,9-12,15-16,30H2,1-2H3/t22-,23+/m0/s1. The van der Waals surface area contributed by atoms with E-state index in [1.54, 1.807) is 6.07 Å². The molecule has 2 aromatic carbocycles. The number of hydrogen-bond donors (Lipinski definition) is 2. The molecule has 0 aliphatic carbocycles. The Bertz CT molecular complexity index is 1100. The highest BCUT2D eigenvalue weighted by atomic mass is 35.5. The van der Waals surface area contributed by atoms with Crippen LogP contribution in [0.5, 0.6) is 0 Å². The first-order valence-corrected chi connectivity index (χ1v) is 12.2. The van der Waals surface area contributed by atoms with Crippen LogP contribution in [0.2, 0.25) is 5.02 Å². The Morgan fingerprint density at radius 1 is 1.21 bits per heavy atom. The maximum absolute atomic E-state index is 13.6. The molecule has 0 saturated carbocycles. The molecule has 0 aromatic heterocycles. The zero-order valence-corrected chi connectivity index (χ0v) is 20.5. The molecule has 0 unspecified atom stereocenters. The van der Waals surface area contributed by atoms with Gasteiger partial charge in [-0.15, -0.1) is 0 Å². The van der Waals surface area contributed by atoms with E-state index in [0.717, 1.165) is 25.1 Å². The SMILES string of the molecule is CC(N)=CC(=Nc1ccc(F)c(Cl)c1)C1CCN(C(=O)[C@@H]2CNC[C@H]2c2ccccc2C)CC1. The Hall–Kier alpha value is -2.70. The van der Waals surface area contributed by atoms with Crippen LogP contribution in [0.25, 0.3) is 0 Å². The summed E-state index contributed by atoms with van der Waals surface area (Å²) in [4.78, 5) is 20.2. The molecule has 2 aliphatic rings. The molecule has 34 heavy (non-hydrogen) atoms. The fraction of sp³-hybridized carbons (Fsp3) is 0.407. The van der Waals surface area contributed by atoms with Gasteiger partial charge in [0.25, 0.3) is 0 Å². The molecule has 0 spiro atoms. The molecular formula is C27H32ClFN4O. The summed E-state index contributed by atoms with van der Waals surface area (Å²) in [6.07, 6.45) is 3.48. The first-order valence-electron chi connectivity index (χ1n) is 11.9. The Morgan fingerprint density at radius 3 is 2.62 bits per heavy atom. The van der Waals surface area contributed by atoms with E-state index in [-0.39, 0.29) is 28.7 Å². The van der Waals surface area contributed by atoms with Crippen LogP contribution in [0.3, 0.4) is 0 Å². The number of benzene rings is 2. The van der Waals surface area contributed by atoms with Gasteiger partial charge in [0.05, 0.1) is 16.6 Å². The number of carbonyl (C=O) groups is 1. The third-order valence-electron chi connectivity index (χ3n) is 6.88. The number of halogens is 2. The van der Waals surface area contributed by atoms with Crippen LogP contribution in [0.15, 0.2) is 59.2 Å². The highest BCUT2D eigenvalue weighted by Gasteiger charge is 2.38. The molecule has 2 aliphatic heterocycles. The Morgan fingerprint density at radius 2 is 1.94 bits per heavy atom. The van der Waals surface area contributed by atoms with Gasteiger partial charge in [-0.25, -0.2) is 4.39 Å². The quantitative estimate of drug-likeness (QED) is 0.591. The number of piperidine rings is 1. The number of hydrogen-bond acceptors (Lipinski definition) is 4. The van der Waals surface area contributed by atoms with Gasteiger partial charge in [0.1, 0.15) is 5.82 Å². The van der Waals surface area contributed by atoms with Crippen LogP contribution in [0.1, 0.15) is 36.8 Å². The second kappa shape index (κ2) is 10.7. The molecule has 0 bridgehead atoms. The number of nitrogens with zero attached hydrogens (tertiary/aromatic N) is 2. The van der Waals surface area contributed by atoms with E-state index in [2.05, 4.69) is 30.4 Å². The van der Waals surface area contributed by atoms with E-state index < -0.39 is 5.82 Å². The fourth-order valence-corrected chi connectivity index (χ4v) is 5.25. The predicted octanol–water partition coefficient (Wildman–Crippen LogP) is 4.96. The topological polar surface area (TPSA) is 70.7 Å². The second-order valence-corrected chi connectivity index (χ2v) is 9.76. The van der Waals surface area contributed by atoms with Gasteiger partial charge in [0.2, 0.25) is 5.91 Å². The average Bonchev–Trinajstić information content (AvgIpc) is 3.30. The molecular weight excluding hydrogens is 451 g/mol. The van der Waals surface area contributed by atoms with Crippen molar-refractivity contribution in [3.05, 3.63) is 76.2 Å². The van der Waals surface area contributed by atoms with Gasteiger partial charge in [-0.1, -0.05) is 35.9 Å². The molecule has 2 aromatic rings. The highest BCUT2D eigenvalue weighted by molar-refractivity contribution is 6.31. The normalized spacial score (nSPS) is 22.3. The van der Waals surface area contributed by atoms with E-state index in [9.17, 15) is 9.18 Å². The van der Waals surface area contributed by atoms with E-state index in [0.29, 0.717) is 31.0 Å². The lowest BCUT2D eigenvalue weighted by Crippen LogP contribution is -2.44. The summed E-state index contributed by atoms with van der Waals surface area (Å²) < 4.78 is 13.6. The molecule has 0 radical (unpaired) electrons. The van der Waals surface area contributed by atoms with Gasteiger partial charge in [-0.05, 0) is 62.1 Å². The van der Waals surface area contributed by atoms with Crippen molar-refractivity contribution in [1.82, 2.24) is 10.2 Å².